The van der Waals surface area contributed by atoms with Gasteiger partial charge in [-0.05, 0) is 55.3 Å². The lowest BCUT2D eigenvalue weighted by atomic mass is 10.1. The zero-order valence-corrected chi connectivity index (χ0v) is 18.7. The molecule has 0 spiro atoms. The number of ether oxygens (including phenoxy) is 1. The van der Waals surface area contributed by atoms with Gasteiger partial charge in [-0.3, -0.25) is 9.59 Å². The van der Waals surface area contributed by atoms with Crippen molar-refractivity contribution in [2.75, 3.05) is 13.1 Å². The molecule has 172 valence electrons. The van der Waals surface area contributed by atoms with Crippen LogP contribution in [-0.4, -0.2) is 35.7 Å². The van der Waals surface area contributed by atoms with Crippen molar-refractivity contribution in [2.45, 2.75) is 27.3 Å². The van der Waals surface area contributed by atoms with Gasteiger partial charge in [-0.15, -0.1) is 0 Å². The quantitative estimate of drug-likeness (QED) is 0.502. The standard InChI is InChI=1S/C25H25F2N3O3/c1-4-28-25(32)19-6-7-20(21(26)13-19)15-30-14-18(12-24(30)31)9-10-29-17(3)33-23-8-5-16(2)11-22(23)27/h5-13H,4,14-15H2,1-3H3,(H,28,32)/b10-9-,29-17?. The highest BCUT2D eigenvalue weighted by molar-refractivity contribution is 5.94. The van der Waals surface area contributed by atoms with Crippen LogP contribution in [0.25, 0.3) is 0 Å². The molecule has 6 nitrogen and oxygen atoms in total. The van der Waals surface area contributed by atoms with Crippen molar-refractivity contribution in [2.24, 2.45) is 4.99 Å². The number of carbonyl (C=O) groups excluding carboxylic acids is 2. The number of benzene rings is 2. The maximum absolute atomic E-state index is 14.4. The third-order valence-electron chi connectivity index (χ3n) is 4.90. The van der Waals surface area contributed by atoms with Crippen molar-refractivity contribution in [3.05, 3.63) is 88.6 Å². The molecule has 0 radical (unpaired) electrons. The summed E-state index contributed by atoms with van der Waals surface area (Å²) in [7, 11) is 0. The number of aliphatic imine (C=N–C) groups is 1. The first-order chi connectivity index (χ1) is 15.8. The number of hydrogen-bond donors (Lipinski definition) is 1. The summed E-state index contributed by atoms with van der Waals surface area (Å²) in [6, 6.07) is 8.86. The van der Waals surface area contributed by atoms with Crippen molar-refractivity contribution >= 4 is 17.7 Å². The summed E-state index contributed by atoms with van der Waals surface area (Å²) in [5, 5.41) is 2.62. The third kappa shape index (κ3) is 6.35. The van der Waals surface area contributed by atoms with Crippen LogP contribution in [0.5, 0.6) is 5.75 Å². The predicted molar refractivity (Wildman–Crippen MR) is 122 cm³/mol. The molecule has 0 atom stereocenters. The molecule has 1 N–H and O–H groups in total. The van der Waals surface area contributed by atoms with Crippen LogP contribution in [0, 0.1) is 18.6 Å². The molecule has 0 unspecified atom stereocenters. The van der Waals surface area contributed by atoms with Gasteiger partial charge in [0.2, 0.25) is 5.91 Å². The van der Waals surface area contributed by atoms with E-state index < -0.39 is 11.6 Å². The second-order valence-electron chi connectivity index (χ2n) is 7.58. The Morgan fingerprint density at radius 2 is 2.00 bits per heavy atom. The Balaban J connectivity index is 1.58. The molecule has 1 heterocycles. The van der Waals surface area contributed by atoms with Gasteiger partial charge < -0.3 is 15.0 Å². The predicted octanol–water partition coefficient (Wildman–Crippen LogP) is 4.30. The SMILES string of the molecule is CCNC(=O)c1ccc(CN2CC(/C=C\N=C(C)Oc3ccc(C)cc3F)=CC2=O)c(F)c1. The van der Waals surface area contributed by atoms with Gasteiger partial charge in [0.05, 0.1) is 0 Å². The van der Waals surface area contributed by atoms with E-state index in [1.54, 1.807) is 32.9 Å². The highest BCUT2D eigenvalue weighted by atomic mass is 19.1. The van der Waals surface area contributed by atoms with Gasteiger partial charge in [-0.25, -0.2) is 13.8 Å². The largest absolute Gasteiger partial charge is 0.440 e. The number of amides is 2. The van der Waals surface area contributed by atoms with Gasteiger partial charge in [0, 0.05) is 50.0 Å². The lowest BCUT2D eigenvalue weighted by Gasteiger charge is -2.17. The first kappa shape index (κ1) is 23.8. The van der Waals surface area contributed by atoms with Gasteiger partial charge in [0.25, 0.3) is 5.91 Å². The minimum atomic E-state index is -0.545. The number of nitrogens with zero attached hydrogens (tertiary/aromatic N) is 2. The molecule has 0 fully saturated rings. The average molecular weight is 453 g/mol. The lowest BCUT2D eigenvalue weighted by molar-refractivity contribution is -0.125. The zero-order chi connectivity index (χ0) is 24.0. The van der Waals surface area contributed by atoms with E-state index in [1.165, 1.54) is 47.5 Å². The fourth-order valence-electron chi connectivity index (χ4n) is 3.23. The van der Waals surface area contributed by atoms with Gasteiger partial charge in [-0.2, -0.15) is 0 Å². The first-order valence-electron chi connectivity index (χ1n) is 10.5. The van der Waals surface area contributed by atoms with Gasteiger partial charge in [0.15, 0.2) is 17.5 Å². The molecular weight excluding hydrogens is 428 g/mol. The van der Waals surface area contributed by atoms with Crippen LogP contribution in [0.15, 0.2) is 65.3 Å². The van der Waals surface area contributed by atoms with E-state index in [2.05, 4.69) is 10.3 Å². The van der Waals surface area contributed by atoms with Gasteiger partial charge in [0.1, 0.15) is 5.82 Å². The zero-order valence-electron chi connectivity index (χ0n) is 18.7. The van der Waals surface area contributed by atoms with E-state index >= 15 is 0 Å². The van der Waals surface area contributed by atoms with Crippen LogP contribution in [0.1, 0.15) is 35.3 Å². The molecule has 0 aromatic heterocycles. The van der Waals surface area contributed by atoms with Crippen molar-refractivity contribution in [3.63, 3.8) is 0 Å². The monoisotopic (exact) mass is 453 g/mol. The van der Waals surface area contributed by atoms with Crippen molar-refractivity contribution in [1.82, 2.24) is 10.2 Å². The molecule has 1 aliphatic rings. The number of hydrogen-bond acceptors (Lipinski definition) is 4. The summed E-state index contributed by atoms with van der Waals surface area (Å²) < 4.78 is 33.7. The summed E-state index contributed by atoms with van der Waals surface area (Å²) in [6.07, 6.45) is 4.55. The summed E-state index contributed by atoms with van der Waals surface area (Å²) in [4.78, 5) is 29.7. The van der Waals surface area contributed by atoms with E-state index in [0.717, 1.165) is 5.56 Å². The summed E-state index contributed by atoms with van der Waals surface area (Å²) in [5.41, 5.74) is 2.03. The summed E-state index contributed by atoms with van der Waals surface area (Å²) in [5.74, 6) is -1.29. The first-order valence-corrected chi connectivity index (χ1v) is 10.5. The fraction of sp³-hybridized carbons (Fsp3) is 0.240. The molecule has 33 heavy (non-hydrogen) atoms. The Hall–Kier alpha value is -3.81. The second kappa shape index (κ2) is 10.7. The van der Waals surface area contributed by atoms with Crippen LogP contribution in [-0.2, 0) is 11.3 Å². The molecule has 8 heteroatoms. The van der Waals surface area contributed by atoms with E-state index in [4.69, 9.17) is 4.74 Å². The highest BCUT2D eigenvalue weighted by Crippen LogP contribution is 2.20. The number of rotatable bonds is 7. The molecule has 2 amide bonds. The number of carbonyl (C=O) groups is 2. The highest BCUT2D eigenvalue weighted by Gasteiger charge is 2.21. The van der Waals surface area contributed by atoms with Crippen LogP contribution in [0.4, 0.5) is 8.78 Å². The second-order valence-corrected chi connectivity index (χ2v) is 7.58. The molecule has 3 rings (SSSR count). The number of nitrogens with one attached hydrogen (secondary N) is 1. The van der Waals surface area contributed by atoms with Crippen molar-refractivity contribution in [1.29, 1.82) is 0 Å². The Kier molecular flexibility index (Phi) is 7.71. The number of aryl methyl sites for hydroxylation is 1. The van der Waals surface area contributed by atoms with E-state index in [1.807, 2.05) is 0 Å². The van der Waals surface area contributed by atoms with Crippen LogP contribution in [0.3, 0.4) is 0 Å². The maximum atomic E-state index is 14.4. The molecule has 0 aliphatic carbocycles. The van der Waals surface area contributed by atoms with Crippen LogP contribution < -0.4 is 10.1 Å². The molecule has 0 bridgehead atoms. The smallest absolute Gasteiger partial charge is 0.251 e. The Bertz CT molecular complexity index is 1160. The van der Waals surface area contributed by atoms with Crippen molar-refractivity contribution in [3.8, 4) is 5.75 Å². The van der Waals surface area contributed by atoms with E-state index in [0.29, 0.717) is 17.7 Å². The van der Waals surface area contributed by atoms with Gasteiger partial charge in [-0.1, -0.05) is 12.1 Å². The molecule has 0 saturated heterocycles. The molecule has 2 aromatic rings. The van der Waals surface area contributed by atoms with E-state index in [9.17, 15) is 18.4 Å². The van der Waals surface area contributed by atoms with Gasteiger partial charge >= 0.3 is 0 Å². The van der Waals surface area contributed by atoms with E-state index in [-0.39, 0.29) is 42.1 Å². The maximum Gasteiger partial charge on any atom is 0.251 e. The topological polar surface area (TPSA) is 71.0 Å². The minimum absolute atomic E-state index is 0.0757. The molecule has 2 aromatic carbocycles. The minimum Gasteiger partial charge on any atom is -0.440 e. The average Bonchev–Trinajstić information content (AvgIpc) is 3.10. The fourth-order valence-corrected chi connectivity index (χ4v) is 3.23. The lowest BCUT2D eigenvalue weighted by Crippen LogP contribution is -2.26. The van der Waals surface area contributed by atoms with Crippen LogP contribution in [0.2, 0.25) is 0 Å². The Labute approximate surface area is 191 Å². The summed E-state index contributed by atoms with van der Waals surface area (Å²) >= 11 is 0. The molecule has 1 aliphatic heterocycles. The third-order valence-corrected chi connectivity index (χ3v) is 4.90. The van der Waals surface area contributed by atoms with Crippen LogP contribution >= 0.6 is 0 Å². The Morgan fingerprint density at radius 3 is 2.70 bits per heavy atom. The number of halogens is 2. The normalized spacial score (nSPS) is 14.1. The Morgan fingerprint density at radius 1 is 1.21 bits per heavy atom. The summed E-state index contributed by atoms with van der Waals surface area (Å²) in [6.45, 7) is 5.97. The molecular formula is C25H25F2N3O3. The van der Waals surface area contributed by atoms with Crippen molar-refractivity contribution < 1.29 is 23.1 Å². The molecule has 0 saturated carbocycles.